The first-order valence-corrected chi connectivity index (χ1v) is 9.37. The van der Waals surface area contributed by atoms with E-state index in [-0.39, 0.29) is 17.2 Å². The largest absolute Gasteiger partial charge is 0.308 e. The molecule has 2 heterocycles. The van der Waals surface area contributed by atoms with Gasteiger partial charge in [-0.2, -0.15) is 5.10 Å². The lowest BCUT2D eigenvalue weighted by molar-refractivity contribution is 0.0982. The minimum atomic E-state index is -0.206. The van der Waals surface area contributed by atoms with Gasteiger partial charge in [-0.3, -0.25) is 9.59 Å². The van der Waals surface area contributed by atoms with Crippen LogP contribution in [0.5, 0.6) is 0 Å². The Morgan fingerprint density at radius 2 is 1.79 bits per heavy atom. The Morgan fingerprint density at radius 3 is 2.50 bits per heavy atom. The molecule has 4 rings (SSSR count). The van der Waals surface area contributed by atoms with E-state index in [0.717, 1.165) is 28.7 Å². The van der Waals surface area contributed by atoms with Crippen LogP contribution in [-0.2, 0) is 7.05 Å². The lowest BCUT2D eigenvalue weighted by Crippen LogP contribution is -2.32. The maximum atomic E-state index is 13.3. The first kappa shape index (κ1) is 18.0. The first-order valence-electron chi connectivity index (χ1n) is 9.37. The maximum Gasteiger partial charge on any atom is 0.278 e. The highest BCUT2D eigenvalue weighted by Crippen LogP contribution is 2.20. The molecule has 6 heteroatoms. The van der Waals surface area contributed by atoms with Gasteiger partial charge >= 0.3 is 0 Å². The van der Waals surface area contributed by atoms with E-state index < -0.39 is 0 Å². The number of aryl methyl sites for hydroxylation is 2. The Kier molecular flexibility index (Phi) is 4.47. The molecule has 0 radical (unpaired) electrons. The molecule has 4 aromatic rings. The van der Waals surface area contributed by atoms with Gasteiger partial charge in [-0.05, 0) is 43.2 Å². The Balaban J connectivity index is 1.88. The van der Waals surface area contributed by atoms with Gasteiger partial charge < -0.3 is 9.47 Å². The summed E-state index contributed by atoms with van der Waals surface area (Å²) in [6.45, 7) is 4.61. The molecule has 0 bridgehead atoms. The van der Waals surface area contributed by atoms with E-state index in [1.54, 1.807) is 27.1 Å². The summed E-state index contributed by atoms with van der Waals surface area (Å²) < 4.78 is 3.16. The molecular formula is C22H22N4O2. The van der Waals surface area contributed by atoms with Crippen molar-refractivity contribution >= 4 is 28.1 Å². The zero-order valence-electron chi connectivity index (χ0n) is 16.2. The number of carbonyl (C=O) groups excluding carboxylic acids is 1. The van der Waals surface area contributed by atoms with Crippen molar-refractivity contribution in [3.8, 4) is 0 Å². The molecule has 2 aromatic heterocycles. The van der Waals surface area contributed by atoms with Crippen LogP contribution >= 0.6 is 0 Å². The molecular weight excluding hydrogens is 352 g/mol. The zero-order valence-corrected chi connectivity index (χ0v) is 16.2. The van der Waals surface area contributed by atoms with Crippen LogP contribution in [0.15, 0.2) is 59.4 Å². The van der Waals surface area contributed by atoms with Gasteiger partial charge in [-0.1, -0.05) is 31.2 Å². The fourth-order valence-electron chi connectivity index (χ4n) is 3.54. The van der Waals surface area contributed by atoms with Gasteiger partial charge in [-0.25, -0.2) is 4.52 Å². The van der Waals surface area contributed by atoms with Gasteiger partial charge in [0.05, 0.1) is 11.0 Å². The van der Waals surface area contributed by atoms with E-state index >= 15 is 0 Å². The van der Waals surface area contributed by atoms with E-state index in [9.17, 15) is 9.59 Å². The molecule has 0 aliphatic heterocycles. The van der Waals surface area contributed by atoms with Crippen LogP contribution in [0.3, 0.4) is 0 Å². The molecule has 0 saturated heterocycles. The van der Waals surface area contributed by atoms with Crippen LogP contribution in [0, 0.1) is 6.92 Å². The fourth-order valence-corrected chi connectivity index (χ4v) is 3.54. The number of para-hydroxylation sites is 2. The van der Waals surface area contributed by atoms with Gasteiger partial charge in [-0.15, -0.1) is 0 Å². The number of rotatable bonds is 4. The van der Waals surface area contributed by atoms with Crippen molar-refractivity contribution < 1.29 is 4.79 Å². The molecule has 0 atom stereocenters. The Bertz CT molecular complexity index is 1250. The van der Waals surface area contributed by atoms with Gasteiger partial charge in [0, 0.05) is 25.3 Å². The van der Waals surface area contributed by atoms with Crippen LogP contribution in [-0.4, -0.2) is 26.6 Å². The summed E-state index contributed by atoms with van der Waals surface area (Å²) in [4.78, 5) is 27.8. The number of carbonyl (C=O) groups is 1. The van der Waals surface area contributed by atoms with Crippen LogP contribution in [0.2, 0.25) is 0 Å². The van der Waals surface area contributed by atoms with Crippen LogP contribution in [0.25, 0.3) is 16.6 Å². The summed E-state index contributed by atoms with van der Waals surface area (Å²) in [6, 6.07) is 17.0. The quantitative estimate of drug-likeness (QED) is 0.549. The molecule has 0 spiro atoms. The Labute approximate surface area is 162 Å². The number of fused-ring (bicyclic) bond motifs is 3. The van der Waals surface area contributed by atoms with E-state index in [2.05, 4.69) is 5.10 Å². The Hall–Kier alpha value is -3.41. The molecule has 0 aliphatic carbocycles. The maximum absolute atomic E-state index is 13.3. The Morgan fingerprint density at radius 1 is 1.04 bits per heavy atom. The highest BCUT2D eigenvalue weighted by molar-refractivity contribution is 6.05. The third kappa shape index (κ3) is 2.87. The van der Waals surface area contributed by atoms with Crippen molar-refractivity contribution in [3.05, 3.63) is 76.2 Å². The van der Waals surface area contributed by atoms with E-state index in [4.69, 9.17) is 0 Å². The molecule has 0 aliphatic rings. The van der Waals surface area contributed by atoms with E-state index in [1.165, 1.54) is 0 Å². The number of aromatic nitrogens is 3. The predicted molar refractivity (Wildman–Crippen MR) is 111 cm³/mol. The average molecular weight is 374 g/mol. The SMILES string of the molecule is CCCN(C(=O)c1cc2c(=O)n(C)c3ccccc3n2n1)c1cccc(C)c1. The third-order valence-corrected chi connectivity index (χ3v) is 4.93. The minimum Gasteiger partial charge on any atom is -0.308 e. The predicted octanol–water partition coefficient (Wildman–Crippen LogP) is 3.55. The van der Waals surface area contributed by atoms with E-state index in [0.29, 0.717) is 12.1 Å². The lowest BCUT2D eigenvalue weighted by atomic mass is 10.2. The molecule has 0 fully saturated rings. The van der Waals surface area contributed by atoms with Crippen molar-refractivity contribution in [1.82, 2.24) is 14.2 Å². The topological polar surface area (TPSA) is 59.6 Å². The van der Waals surface area contributed by atoms with Gasteiger partial charge in [0.15, 0.2) is 5.69 Å². The molecule has 1 amide bonds. The highest BCUT2D eigenvalue weighted by Gasteiger charge is 2.22. The molecule has 2 aromatic carbocycles. The first-order chi connectivity index (χ1) is 13.5. The monoisotopic (exact) mass is 374 g/mol. The highest BCUT2D eigenvalue weighted by atomic mass is 16.2. The molecule has 0 N–H and O–H groups in total. The smallest absolute Gasteiger partial charge is 0.278 e. The summed E-state index contributed by atoms with van der Waals surface area (Å²) in [5.74, 6) is -0.206. The normalized spacial score (nSPS) is 11.2. The van der Waals surface area contributed by atoms with Crippen LogP contribution < -0.4 is 10.5 Å². The molecule has 28 heavy (non-hydrogen) atoms. The third-order valence-electron chi connectivity index (χ3n) is 4.93. The fraction of sp³-hybridized carbons (Fsp3) is 0.227. The summed E-state index contributed by atoms with van der Waals surface area (Å²) in [5, 5.41) is 4.51. The van der Waals surface area contributed by atoms with Crippen molar-refractivity contribution in [3.63, 3.8) is 0 Å². The van der Waals surface area contributed by atoms with Crippen LogP contribution in [0.4, 0.5) is 5.69 Å². The number of hydrogen-bond donors (Lipinski definition) is 0. The van der Waals surface area contributed by atoms with Gasteiger partial charge in [0.2, 0.25) is 0 Å². The molecule has 142 valence electrons. The summed E-state index contributed by atoms with van der Waals surface area (Å²) in [5.41, 5.74) is 3.96. The summed E-state index contributed by atoms with van der Waals surface area (Å²) in [7, 11) is 1.73. The molecule has 0 unspecified atom stereocenters. The number of amides is 1. The van der Waals surface area contributed by atoms with Crippen molar-refractivity contribution in [1.29, 1.82) is 0 Å². The van der Waals surface area contributed by atoms with Crippen LogP contribution in [0.1, 0.15) is 29.4 Å². The molecule has 6 nitrogen and oxygen atoms in total. The van der Waals surface area contributed by atoms with Gasteiger partial charge in [0.1, 0.15) is 5.52 Å². The minimum absolute atomic E-state index is 0.178. The lowest BCUT2D eigenvalue weighted by Gasteiger charge is -2.21. The second kappa shape index (κ2) is 6.96. The number of hydrogen-bond acceptors (Lipinski definition) is 3. The number of nitrogens with zero attached hydrogens (tertiary/aromatic N) is 4. The summed E-state index contributed by atoms with van der Waals surface area (Å²) in [6.07, 6.45) is 0.817. The number of benzene rings is 2. The standard InChI is InChI=1S/C22H22N4O2/c1-4-12-25(16-9-7-8-15(2)13-16)21(27)17-14-20-22(28)24(3)18-10-5-6-11-19(18)26(20)23-17/h5-11,13-14H,4,12H2,1-3H3. The second-order valence-electron chi connectivity index (χ2n) is 6.98. The van der Waals surface area contributed by atoms with Crippen molar-refractivity contribution in [2.75, 3.05) is 11.4 Å². The van der Waals surface area contributed by atoms with Crippen molar-refractivity contribution in [2.24, 2.45) is 7.05 Å². The zero-order chi connectivity index (χ0) is 19.8. The molecule has 0 saturated carbocycles. The second-order valence-corrected chi connectivity index (χ2v) is 6.98. The average Bonchev–Trinajstić information content (AvgIpc) is 3.15. The van der Waals surface area contributed by atoms with Gasteiger partial charge in [0.25, 0.3) is 11.5 Å². The van der Waals surface area contributed by atoms with Crippen molar-refractivity contribution in [2.45, 2.75) is 20.3 Å². The number of anilines is 1. The summed E-state index contributed by atoms with van der Waals surface area (Å²) >= 11 is 0. The van der Waals surface area contributed by atoms with E-state index in [1.807, 2.05) is 62.4 Å².